The summed E-state index contributed by atoms with van der Waals surface area (Å²) >= 11 is 0. The summed E-state index contributed by atoms with van der Waals surface area (Å²) in [7, 11) is 0. The molecule has 0 unspecified atom stereocenters. The van der Waals surface area contributed by atoms with E-state index in [1.807, 2.05) is 0 Å². The van der Waals surface area contributed by atoms with Crippen molar-refractivity contribution in [3.63, 3.8) is 0 Å². The molecule has 0 saturated carbocycles. The molecule has 0 N–H and O–H groups in total. The number of benzene rings is 1. The summed E-state index contributed by atoms with van der Waals surface area (Å²) in [6.07, 6.45) is 6.04. The molecule has 0 amide bonds. The summed E-state index contributed by atoms with van der Waals surface area (Å²) in [5, 5.41) is 10.6. The Bertz CT molecular complexity index is 640. The van der Waals surface area contributed by atoms with E-state index in [1.165, 1.54) is 31.4 Å². The Hall–Kier alpha value is -2.27. The lowest BCUT2D eigenvalue weighted by atomic mass is 10.1. The van der Waals surface area contributed by atoms with Crippen LogP contribution < -0.4 is 4.74 Å². The van der Waals surface area contributed by atoms with Gasteiger partial charge in [-0.05, 0) is 18.6 Å². The number of nitro benzene ring substituents is 1. The SMILES string of the molecule is CCCCCCCC(=O)OCCOCCOCCOCCOCCOc1ccc([N+](=O)[O-])cc1. The van der Waals surface area contributed by atoms with Crippen LogP contribution in [0.4, 0.5) is 5.69 Å². The van der Waals surface area contributed by atoms with Crippen molar-refractivity contribution in [3.8, 4) is 5.75 Å². The first-order valence-corrected chi connectivity index (χ1v) is 12.0. The van der Waals surface area contributed by atoms with Gasteiger partial charge >= 0.3 is 5.97 Å². The van der Waals surface area contributed by atoms with E-state index in [0.29, 0.717) is 71.6 Å². The average molecular weight is 486 g/mol. The average Bonchev–Trinajstić information content (AvgIpc) is 2.84. The second-order valence-corrected chi connectivity index (χ2v) is 7.43. The molecule has 0 radical (unpaired) electrons. The van der Waals surface area contributed by atoms with Gasteiger partial charge < -0.3 is 28.4 Å². The molecular weight excluding hydrogens is 446 g/mol. The first-order valence-electron chi connectivity index (χ1n) is 12.0. The van der Waals surface area contributed by atoms with Crippen LogP contribution in [0.25, 0.3) is 0 Å². The Labute approximate surface area is 201 Å². The largest absolute Gasteiger partial charge is 0.491 e. The van der Waals surface area contributed by atoms with Crippen LogP contribution >= 0.6 is 0 Å². The molecule has 194 valence electrons. The van der Waals surface area contributed by atoms with E-state index in [4.69, 9.17) is 28.4 Å². The normalized spacial score (nSPS) is 10.9. The van der Waals surface area contributed by atoms with Gasteiger partial charge in [0.2, 0.25) is 0 Å². The molecule has 0 heterocycles. The number of nitrogens with zero attached hydrogens (tertiary/aromatic N) is 1. The van der Waals surface area contributed by atoms with Crippen LogP contribution in [-0.4, -0.2) is 77.0 Å². The molecule has 1 aromatic carbocycles. The number of carbonyl (C=O) groups excluding carboxylic acids is 1. The number of unbranched alkanes of at least 4 members (excludes halogenated alkanes) is 4. The minimum Gasteiger partial charge on any atom is -0.491 e. The Kier molecular flexibility index (Phi) is 18.6. The zero-order valence-corrected chi connectivity index (χ0v) is 20.2. The van der Waals surface area contributed by atoms with Crippen molar-refractivity contribution in [3.05, 3.63) is 34.4 Å². The summed E-state index contributed by atoms with van der Waals surface area (Å²) in [5.41, 5.74) is 0.0265. The Balaban J connectivity index is 1.77. The molecule has 1 aromatic rings. The van der Waals surface area contributed by atoms with Crippen molar-refractivity contribution in [2.45, 2.75) is 45.4 Å². The molecule has 10 heteroatoms. The summed E-state index contributed by atoms with van der Waals surface area (Å²) in [4.78, 5) is 21.7. The molecule has 0 aliphatic heterocycles. The molecule has 0 atom stereocenters. The van der Waals surface area contributed by atoms with E-state index in [-0.39, 0.29) is 18.3 Å². The minimum absolute atomic E-state index is 0.0265. The fourth-order valence-electron chi connectivity index (χ4n) is 2.80. The zero-order chi connectivity index (χ0) is 24.7. The molecule has 0 aliphatic carbocycles. The van der Waals surface area contributed by atoms with Crippen molar-refractivity contribution in [1.82, 2.24) is 0 Å². The van der Waals surface area contributed by atoms with Crippen LogP contribution in [0.3, 0.4) is 0 Å². The third-order valence-corrected chi connectivity index (χ3v) is 4.64. The van der Waals surface area contributed by atoms with E-state index in [9.17, 15) is 14.9 Å². The highest BCUT2D eigenvalue weighted by Crippen LogP contribution is 2.17. The molecule has 0 fully saturated rings. The van der Waals surface area contributed by atoms with Gasteiger partial charge in [-0.2, -0.15) is 0 Å². The van der Waals surface area contributed by atoms with Crippen LogP contribution in [0.1, 0.15) is 45.4 Å². The van der Waals surface area contributed by atoms with E-state index >= 15 is 0 Å². The summed E-state index contributed by atoms with van der Waals surface area (Å²) in [6.45, 7) is 6.23. The molecule has 0 spiro atoms. The van der Waals surface area contributed by atoms with Gasteiger partial charge in [-0.15, -0.1) is 0 Å². The van der Waals surface area contributed by atoms with E-state index in [1.54, 1.807) is 12.1 Å². The van der Waals surface area contributed by atoms with Crippen LogP contribution in [0.15, 0.2) is 24.3 Å². The molecule has 0 bridgehead atoms. The molecule has 0 aliphatic rings. The van der Waals surface area contributed by atoms with Crippen molar-refractivity contribution in [2.24, 2.45) is 0 Å². The maximum atomic E-state index is 11.5. The molecular formula is C24H39NO9. The van der Waals surface area contributed by atoms with Gasteiger partial charge in [0, 0.05) is 18.6 Å². The van der Waals surface area contributed by atoms with E-state index in [2.05, 4.69) is 6.92 Å². The Morgan fingerprint density at radius 3 is 1.76 bits per heavy atom. The number of rotatable bonds is 23. The maximum Gasteiger partial charge on any atom is 0.305 e. The predicted molar refractivity (Wildman–Crippen MR) is 126 cm³/mol. The highest BCUT2D eigenvalue weighted by molar-refractivity contribution is 5.69. The number of ether oxygens (including phenoxy) is 6. The summed E-state index contributed by atoms with van der Waals surface area (Å²) in [6, 6.07) is 5.90. The van der Waals surface area contributed by atoms with Gasteiger partial charge in [-0.25, -0.2) is 0 Å². The quantitative estimate of drug-likeness (QED) is 0.0983. The highest BCUT2D eigenvalue weighted by Gasteiger charge is 2.04. The third kappa shape index (κ3) is 17.2. The van der Waals surface area contributed by atoms with Gasteiger partial charge in [-0.3, -0.25) is 14.9 Å². The zero-order valence-electron chi connectivity index (χ0n) is 20.2. The standard InChI is InChI=1S/C24H39NO9/c1-2-3-4-5-6-7-24(26)34-21-19-32-17-15-30-13-12-29-14-16-31-18-20-33-23-10-8-22(9-11-23)25(27)28/h8-11H,2-7,12-21H2,1H3. The van der Waals surface area contributed by atoms with E-state index in [0.717, 1.165) is 12.8 Å². The van der Waals surface area contributed by atoms with Gasteiger partial charge in [0.1, 0.15) is 19.0 Å². The maximum absolute atomic E-state index is 11.5. The number of esters is 1. The van der Waals surface area contributed by atoms with Gasteiger partial charge in [0.25, 0.3) is 5.69 Å². The lowest BCUT2D eigenvalue weighted by Crippen LogP contribution is -2.15. The third-order valence-electron chi connectivity index (χ3n) is 4.64. The Morgan fingerprint density at radius 1 is 0.735 bits per heavy atom. The monoisotopic (exact) mass is 485 g/mol. The first kappa shape index (κ1) is 29.8. The first-order chi connectivity index (χ1) is 16.6. The van der Waals surface area contributed by atoms with Gasteiger partial charge in [0.05, 0.1) is 57.8 Å². The van der Waals surface area contributed by atoms with Crippen LogP contribution in [0, 0.1) is 10.1 Å². The number of nitro groups is 1. The predicted octanol–water partition coefficient (Wildman–Crippen LogP) is 3.94. The fourth-order valence-corrected chi connectivity index (χ4v) is 2.80. The van der Waals surface area contributed by atoms with Crippen molar-refractivity contribution >= 4 is 11.7 Å². The highest BCUT2D eigenvalue weighted by atomic mass is 16.6. The fraction of sp³-hybridized carbons (Fsp3) is 0.708. The van der Waals surface area contributed by atoms with Crippen LogP contribution in [-0.2, 0) is 28.5 Å². The lowest BCUT2D eigenvalue weighted by molar-refractivity contribution is -0.384. The lowest BCUT2D eigenvalue weighted by Gasteiger charge is -2.09. The molecule has 34 heavy (non-hydrogen) atoms. The second-order valence-electron chi connectivity index (χ2n) is 7.43. The number of non-ortho nitro benzene ring substituents is 1. The molecule has 1 rings (SSSR count). The molecule has 10 nitrogen and oxygen atoms in total. The smallest absolute Gasteiger partial charge is 0.305 e. The second kappa shape index (κ2) is 21.3. The van der Waals surface area contributed by atoms with Crippen molar-refractivity contribution in [2.75, 3.05) is 66.1 Å². The molecule has 0 aromatic heterocycles. The van der Waals surface area contributed by atoms with Crippen molar-refractivity contribution in [1.29, 1.82) is 0 Å². The van der Waals surface area contributed by atoms with Crippen molar-refractivity contribution < 1.29 is 38.1 Å². The van der Waals surface area contributed by atoms with Gasteiger partial charge in [-0.1, -0.05) is 32.6 Å². The van der Waals surface area contributed by atoms with E-state index < -0.39 is 4.92 Å². The number of carbonyl (C=O) groups is 1. The Morgan fingerprint density at radius 2 is 1.24 bits per heavy atom. The summed E-state index contributed by atoms with van der Waals surface area (Å²) < 4.78 is 32.1. The minimum atomic E-state index is -0.454. The summed E-state index contributed by atoms with van der Waals surface area (Å²) in [5.74, 6) is 0.398. The van der Waals surface area contributed by atoms with Gasteiger partial charge in [0.15, 0.2) is 0 Å². The number of hydrogen-bond acceptors (Lipinski definition) is 9. The topological polar surface area (TPSA) is 116 Å². The number of hydrogen-bond donors (Lipinski definition) is 0. The van der Waals surface area contributed by atoms with Crippen LogP contribution in [0.5, 0.6) is 5.75 Å². The van der Waals surface area contributed by atoms with Crippen LogP contribution in [0.2, 0.25) is 0 Å². The molecule has 0 saturated heterocycles.